The van der Waals surface area contributed by atoms with Crippen LogP contribution in [0.1, 0.15) is 21.5 Å². The first-order chi connectivity index (χ1) is 11.0. The van der Waals surface area contributed by atoms with E-state index in [1.54, 1.807) is 13.3 Å². The molecule has 0 saturated carbocycles. The van der Waals surface area contributed by atoms with Crippen LogP contribution >= 0.6 is 11.6 Å². The number of ether oxygens (including phenoxy) is 1. The third-order valence-corrected chi connectivity index (χ3v) is 4.10. The molecular weight excluding hydrogens is 312 g/mol. The number of H-pyrrole nitrogens is 1. The zero-order chi connectivity index (χ0) is 16.6. The molecule has 0 atom stereocenters. The molecule has 5 heteroatoms. The molecule has 0 aliphatic heterocycles. The van der Waals surface area contributed by atoms with E-state index in [2.05, 4.69) is 10.3 Å². The molecule has 0 aliphatic carbocycles. The van der Waals surface area contributed by atoms with Gasteiger partial charge in [-0.05, 0) is 49.2 Å². The number of anilines is 1. The van der Waals surface area contributed by atoms with Crippen molar-refractivity contribution in [3.8, 4) is 5.75 Å². The fraction of sp³-hybridized carbons (Fsp3) is 0.167. The van der Waals surface area contributed by atoms with Gasteiger partial charge >= 0.3 is 0 Å². The number of fused-ring (bicyclic) bond motifs is 1. The molecule has 2 aromatic carbocycles. The zero-order valence-electron chi connectivity index (χ0n) is 13.2. The molecule has 3 rings (SSSR count). The van der Waals surface area contributed by atoms with Crippen molar-refractivity contribution in [2.45, 2.75) is 13.8 Å². The molecule has 23 heavy (non-hydrogen) atoms. The quantitative estimate of drug-likeness (QED) is 0.732. The third kappa shape index (κ3) is 2.90. The molecule has 0 spiro atoms. The average Bonchev–Trinajstić information content (AvgIpc) is 2.93. The fourth-order valence-corrected chi connectivity index (χ4v) is 3.04. The Bertz CT molecular complexity index is 876. The molecule has 1 aromatic heterocycles. The highest BCUT2D eigenvalue weighted by Gasteiger charge is 2.15. The number of benzene rings is 2. The van der Waals surface area contributed by atoms with Crippen LogP contribution in [-0.4, -0.2) is 18.0 Å². The number of rotatable bonds is 3. The summed E-state index contributed by atoms with van der Waals surface area (Å²) in [5, 5.41) is 4.25. The zero-order valence-corrected chi connectivity index (χ0v) is 13.9. The molecule has 118 valence electrons. The maximum atomic E-state index is 12.6. The summed E-state index contributed by atoms with van der Waals surface area (Å²) in [6, 6.07) is 9.39. The lowest BCUT2D eigenvalue weighted by molar-refractivity contribution is 0.102. The molecule has 0 saturated heterocycles. The minimum Gasteiger partial charge on any atom is -0.497 e. The largest absolute Gasteiger partial charge is 0.497 e. The topological polar surface area (TPSA) is 54.1 Å². The predicted octanol–water partition coefficient (Wildman–Crippen LogP) is 4.70. The minimum absolute atomic E-state index is 0.210. The first-order valence-electron chi connectivity index (χ1n) is 7.23. The SMILES string of the molecule is COc1ccc2[nH]cc(C(=O)Nc3c(C)cc(C)cc3Cl)c2c1. The van der Waals surface area contributed by atoms with Crippen LogP contribution in [0.2, 0.25) is 5.02 Å². The normalized spacial score (nSPS) is 10.8. The van der Waals surface area contributed by atoms with E-state index < -0.39 is 0 Å². The third-order valence-electron chi connectivity index (χ3n) is 3.80. The second kappa shape index (κ2) is 5.97. The maximum Gasteiger partial charge on any atom is 0.257 e. The van der Waals surface area contributed by atoms with Crippen molar-refractivity contribution in [1.29, 1.82) is 0 Å². The highest BCUT2D eigenvalue weighted by Crippen LogP contribution is 2.29. The molecule has 0 bridgehead atoms. The van der Waals surface area contributed by atoms with Crippen LogP contribution in [-0.2, 0) is 0 Å². The number of carbonyl (C=O) groups excluding carboxylic acids is 1. The summed E-state index contributed by atoms with van der Waals surface area (Å²) in [6.45, 7) is 3.89. The highest BCUT2D eigenvalue weighted by atomic mass is 35.5. The van der Waals surface area contributed by atoms with E-state index in [0.29, 0.717) is 22.0 Å². The Morgan fingerprint density at radius 3 is 2.70 bits per heavy atom. The van der Waals surface area contributed by atoms with Gasteiger partial charge in [-0.25, -0.2) is 0 Å². The van der Waals surface area contributed by atoms with E-state index in [1.165, 1.54) is 0 Å². The Labute approximate surface area is 139 Å². The second-order valence-electron chi connectivity index (χ2n) is 5.51. The van der Waals surface area contributed by atoms with Gasteiger partial charge in [-0.1, -0.05) is 17.7 Å². The number of aryl methyl sites for hydroxylation is 2. The van der Waals surface area contributed by atoms with Gasteiger partial charge in [-0.15, -0.1) is 0 Å². The van der Waals surface area contributed by atoms with Gasteiger partial charge in [-0.3, -0.25) is 4.79 Å². The molecule has 3 aromatic rings. The van der Waals surface area contributed by atoms with Crippen LogP contribution < -0.4 is 10.1 Å². The molecule has 0 aliphatic rings. The second-order valence-corrected chi connectivity index (χ2v) is 5.91. The molecule has 2 N–H and O–H groups in total. The van der Waals surface area contributed by atoms with Crippen molar-refractivity contribution < 1.29 is 9.53 Å². The van der Waals surface area contributed by atoms with Crippen LogP contribution in [0.4, 0.5) is 5.69 Å². The predicted molar refractivity (Wildman–Crippen MR) is 93.7 cm³/mol. The van der Waals surface area contributed by atoms with Gasteiger partial charge in [-0.2, -0.15) is 0 Å². The number of hydrogen-bond donors (Lipinski definition) is 2. The van der Waals surface area contributed by atoms with Crippen LogP contribution in [0, 0.1) is 13.8 Å². The Balaban J connectivity index is 1.98. The van der Waals surface area contributed by atoms with Crippen molar-refractivity contribution in [3.63, 3.8) is 0 Å². The lowest BCUT2D eigenvalue weighted by Crippen LogP contribution is -2.13. The van der Waals surface area contributed by atoms with Crippen molar-refractivity contribution in [2.75, 3.05) is 12.4 Å². The van der Waals surface area contributed by atoms with E-state index in [1.807, 2.05) is 44.2 Å². The van der Waals surface area contributed by atoms with Crippen LogP contribution in [0.15, 0.2) is 36.5 Å². The Morgan fingerprint density at radius 1 is 1.22 bits per heavy atom. The molecule has 1 amide bonds. The van der Waals surface area contributed by atoms with Crippen LogP contribution in [0.25, 0.3) is 10.9 Å². The molecule has 0 fully saturated rings. The number of halogens is 1. The smallest absolute Gasteiger partial charge is 0.257 e. The number of aromatic nitrogens is 1. The lowest BCUT2D eigenvalue weighted by Gasteiger charge is -2.11. The highest BCUT2D eigenvalue weighted by molar-refractivity contribution is 6.34. The van der Waals surface area contributed by atoms with Crippen LogP contribution in [0.3, 0.4) is 0 Å². The van der Waals surface area contributed by atoms with Crippen molar-refractivity contribution >= 4 is 34.1 Å². The van der Waals surface area contributed by atoms with Gasteiger partial charge in [0.2, 0.25) is 0 Å². The fourth-order valence-electron chi connectivity index (χ4n) is 2.67. The van der Waals surface area contributed by atoms with E-state index >= 15 is 0 Å². The van der Waals surface area contributed by atoms with Gasteiger partial charge in [0.1, 0.15) is 5.75 Å². The Hall–Kier alpha value is -2.46. The summed E-state index contributed by atoms with van der Waals surface area (Å²) in [7, 11) is 1.60. The summed E-state index contributed by atoms with van der Waals surface area (Å²) in [4.78, 5) is 15.7. The standard InChI is InChI=1S/C18H17ClN2O2/c1-10-6-11(2)17(15(19)7-10)21-18(22)14-9-20-16-5-4-12(23-3)8-13(14)16/h4-9,20H,1-3H3,(H,21,22). The molecule has 0 radical (unpaired) electrons. The van der Waals surface area contributed by atoms with E-state index in [4.69, 9.17) is 16.3 Å². The number of amides is 1. The maximum absolute atomic E-state index is 12.6. The van der Waals surface area contributed by atoms with Crippen molar-refractivity contribution in [1.82, 2.24) is 4.98 Å². The van der Waals surface area contributed by atoms with Gasteiger partial charge in [0.15, 0.2) is 0 Å². The monoisotopic (exact) mass is 328 g/mol. The molecule has 1 heterocycles. The lowest BCUT2D eigenvalue weighted by atomic mass is 10.1. The van der Waals surface area contributed by atoms with E-state index in [9.17, 15) is 4.79 Å². The number of methoxy groups -OCH3 is 1. The summed E-state index contributed by atoms with van der Waals surface area (Å²) >= 11 is 6.26. The van der Waals surface area contributed by atoms with Crippen molar-refractivity contribution in [2.24, 2.45) is 0 Å². The molecule has 4 nitrogen and oxygen atoms in total. The summed E-state index contributed by atoms with van der Waals surface area (Å²) in [5.41, 5.74) is 4.06. The first-order valence-corrected chi connectivity index (χ1v) is 7.60. The number of carbonyl (C=O) groups is 1. The van der Waals surface area contributed by atoms with Crippen molar-refractivity contribution in [3.05, 3.63) is 58.2 Å². The van der Waals surface area contributed by atoms with Gasteiger partial charge in [0.25, 0.3) is 5.91 Å². The van der Waals surface area contributed by atoms with Gasteiger partial charge < -0.3 is 15.0 Å². The van der Waals surface area contributed by atoms with Gasteiger partial charge in [0, 0.05) is 17.1 Å². The average molecular weight is 329 g/mol. The number of aromatic amines is 1. The van der Waals surface area contributed by atoms with Crippen LogP contribution in [0.5, 0.6) is 5.75 Å². The van der Waals surface area contributed by atoms with E-state index in [0.717, 1.165) is 22.0 Å². The molecule has 0 unspecified atom stereocenters. The molecular formula is C18H17ClN2O2. The van der Waals surface area contributed by atoms with E-state index in [-0.39, 0.29) is 5.91 Å². The summed E-state index contributed by atoms with van der Waals surface area (Å²) < 4.78 is 5.23. The Morgan fingerprint density at radius 2 is 2.00 bits per heavy atom. The van der Waals surface area contributed by atoms with Gasteiger partial charge in [0.05, 0.1) is 23.4 Å². The number of hydrogen-bond acceptors (Lipinski definition) is 2. The Kier molecular flexibility index (Phi) is 4.01. The number of nitrogens with one attached hydrogen (secondary N) is 2. The minimum atomic E-state index is -0.210. The first kappa shape index (κ1) is 15.4. The summed E-state index contributed by atoms with van der Waals surface area (Å²) in [6.07, 6.45) is 1.69. The summed E-state index contributed by atoms with van der Waals surface area (Å²) in [5.74, 6) is 0.494.